The molecule has 0 fully saturated rings. The Labute approximate surface area is 191 Å². The van der Waals surface area contributed by atoms with Crippen LogP contribution in [0, 0.1) is 6.92 Å². The van der Waals surface area contributed by atoms with Crippen molar-refractivity contribution in [2.75, 3.05) is 36.7 Å². The topological polar surface area (TPSA) is 88.7 Å². The third kappa shape index (κ3) is 5.50. The number of carbonyl (C=O) groups excluding carboxylic acids is 2. The molecule has 3 aromatic rings. The molecule has 0 aliphatic heterocycles. The van der Waals surface area contributed by atoms with Crippen LogP contribution in [0.25, 0.3) is 0 Å². The molecule has 0 unspecified atom stereocenters. The predicted molar refractivity (Wildman–Crippen MR) is 127 cm³/mol. The van der Waals surface area contributed by atoms with E-state index in [0.717, 1.165) is 5.56 Å². The van der Waals surface area contributed by atoms with Crippen LogP contribution in [0.2, 0.25) is 5.02 Å². The Morgan fingerprint density at radius 2 is 1.50 bits per heavy atom. The molecule has 8 heteroatoms. The van der Waals surface area contributed by atoms with Crippen LogP contribution in [-0.4, -0.2) is 32.6 Å². The third-order valence-corrected chi connectivity index (χ3v) is 5.13. The number of carbonyl (C=O) groups is 2. The quantitative estimate of drug-likeness (QED) is 0.448. The molecule has 3 N–H and O–H groups in total. The van der Waals surface area contributed by atoms with Crippen molar-refractivity contribution in [2.24, 2.45) is 0 Å². The summed E-state index contributed by atoms with van der Waals surface area (Å²) >= 11 is 6.14. The normalized spacial score (nSPS) is 10.2. The molecular weight excluding hydrogens is 430 g/mol. The summed E-state index contributed by atoms with van der Waals surface area (Å²) in [4.78, 5) is 25.5. The van der Waals surface area contributed by atoms with Gasteiger partial charge < -0.3 is 25.4 Å². The highest BCUT2D eigenvalue weighted by molar-refractivity contribution is 6.31. The summed E-state index contributed by atoms with van der Waals surface area (Å²) in [5.74, 6) is 0.374. The molecule has 0 saturated carbocycles. The van der Waals surface area contributed by atoms with Gasteiger partial charge in [0.15, 0.2) is 0 Å². The molecule has 0 spiro atoms. The minimum atomic E-state index is -0.390. The lowest BCUT2D eigenvalue weighted by molar-refractivity contribution is -0.114. The number of hydrogen-bond donors (Lipinski definition) is 3. The van der Waals surface area contributed by atoms with E-state index in [0.29, 0.717) is 39.1 Å². The van der Waals surface area contributed by atoms with E-state index in [-0.39, 0.29) is 12.5 Å². The number of nitrogens with one attached hydrogen (secondary N) is 3. The Morgan fingerprint density at radius 3 is 2.22 bits per heavy atom. The average Bonchev–Trinajstić information content (AvgIpc) is 2.80. The molecule has 166 valence electrons. The maximum Gasteiger partial charge on any atom is 0.257 e. The molecule has 7 nitrogen and oxygen atoms in total. The van der Waals surface area contributed by atoms with E-state index in [1.54, 1.807) is 49.6 Å². The monoisotopic (exact) mass is 453 g/mol. The number of halogens is 1. The number of para-hydroxylation sites is 3. The number of anilines is 3. The number of hydrogen-bond acceptors (Lipinski definition) is 5. The lowest BCUT2D eigenvalue weighted by Gasteiger charge is -2.15. The zero-order valence-electron chi connectivity index (χ0n) is 18.0. The molecule has 0 radical (unpaired) electrons. The van der Waals surface area contributed by atoms with E-state index < -0.39 is 5.91 Å². The van der Waals surface area contributed by atoms with Crippen molar-refractivity contribution in [1.82, 2.24) is 0 Å². The van der Waals surface area contributed by atoms with Gasteiger partial charge >= 0.3 is 0 Å². The van der Waals surface area contributed by atoms with E-state index in [2.05, 4.69) is 16.0 Å². The standard InChI is InChI=1S/C24H24ClN3O4/c1-15-12-20(22(32-3)13-17(15)25)28-24(30)16-8-4-5-9-18(16)27-23(29)14-26-19-10-6-7-11-21(19)31-2/h4-13,26H,14H2,1-3H3,(H,27,29)(H,28,30). The van der Waals surface area contributed by atoms with Crippen LogP contribution < -0.4 is 25.4 Å². The van der Waals surface area contributed by atoms with Gasteiger partial charge in [0.25, 0.3) is 5.91 Å². The molecule has 0 aromatic heterocycles. The van der Waals surface area contributed by atoms with E-state index in [1.807, 2.05) is 25.1 Å². The molecule has 0 heterocycles. The first kappa shape index (κ1) is 23.0. The maximum atomic E-state index is 13.0. The first-order valence-corrected chi connectivity index (χ1v) is 10.2. The molecule has 0 atom stereocenters. The fourth-order valence-corrected chi connectivity index (χ4v) is 3.22. The number of ether oxygens (including phenoxy) is 2. The highest BCUT2D eigenvalue weighted by atomic mass is 35.5. The van der Waals surface area contributed by atoms with Crippen molar-refractivity contribution in [3.63, 3.8) is 0 Å². The van der Waals surface area contributed by atoms with Gasteiger partial charge in [0, 0.05) is 11.1 Å². The summed E-state index contributed by atoms with van der Waals surface area (Å²) in [6, 6.07) is 17.4. The van der Waals surface area contributed by atoms with Gasteiger partial charge in [-0.15, -0.1) is 0 Å². The van der Waals surface area contributed by atoms with Gasteiger partial charge in [-0.1, -0.05) is 35.9 Å². The van der Waals surface area contributed by atoms with E-state index in [1.165, 1.54) is 7.11 Å². The van der Waals surface area contributed by atoms with Crippen molar-refractivity contribution in [3.05, 3.63) is 76.8 Å². The SMILES string of the molecule is COc1ccccc1NCC(=O)Nc1ccccc1C(=O)Nc1cc(C)c(Cl)cc1OC. The Morgan fingerprint density at radius 1 is 0.844 bits per heavy atom. The molecule has 0 aliphatic rings. The van der Waals surface area contributed by atoms with Crippen LogP contribution in [0.4, 0.5) is 17.1 Å². The summed E-state index contributed by atoms with van der Waals surface area (Å²) in [7, 11) is 3.06. The summed E-state index contributed by atoms with van der Waals surface area (Å²) in [6.07, 6.45) is 0. The number of rotatable bonds is 8. The third-order valence-electron chi connectivity index (χ3n) is 4.72. The second-order valence-electron chi connectivity index (χ2n) is 6.90. The van der Waals surface area contributed by atoms with Crippen LogP contribution in [0.5, 0.6) is 11.5 Å². The minimum Gasteiger partial charge on any atom is -0.495 e. The van der Waals surface area contributed by atoms with E-state index in [4.69, 9.17) is 21.1 Å². The van der Waals surface area contributed by atoms with E-state index in [9.17, 15) is 9.59 Å². The van der Waals surface area contributed by atoms with Gasteiger partial charge in [-0.05, 0) is 42.8 Å². The lowest BCUT2D eigenvalue weighted by Crippen LogP contribution is -2.24. The maximum absolute atomic E-state index is 13.0. The smallest absolute Gasteiger partial charge is 0.257 e. The molecule has 2 amide bonds. The van der Waals surface area contributed by atoms with Crippen molar-refractivity contribution >= 4 is 40.5 Å². The second kappa shape index (κ2) is 10.5. The first-order chi connectivity index (χ1) is 15.4. The zero-order chi connectivity index (χ0) is 23.1. The Hall–Kier alpha value is -3.71. The molecule has 3 aromatic carbocycles. The molecule has 32 heavy (non-hydrogen) atoms. The highest BCUT2D eigenvalue weighted by Crippen LogP contribution is 2.31. The van der Waals surface area contributed by atoms with Gasteiger partial charge in [0.2, 0.25) is 5.91 Å². The molecule has 3 rings (SSSR count). The van der Waals surface area contributed by atoms with Crippen LogP contribution >= 0.6 is 11.6 Å². The summed E-state index contributed by atoms with van der Waals surface area (Å²) in [5, 5.41) is 9.17. The van der Waals surface area contributed by atoms with Crippen molar-refractivity contribution < 1.29 is 19.1 Å². The van der Waals surface area contributed by atoms with Crippen LogP contribution in [0.1, 0.15) is 15.9 Å². The van der Waals surface area contributed by atoms with Gasteiger partial charge in [0.1, 0.15) is 11.5 Å². The van der Waals surface area contributed by atoms with Crippen LogP contribution in [0.3, 0.4) is 0 Å². The Balaban J connectivity index is 1.72. The second-order valence-corrected chi connectivity index (χ2v) is 7.31. The fraction of sp³-hybridized carbons (Fsp3) is 0.167. The van der Waals surface area contributed by atoms with Gasteiger partial charge in [-0.25, -0.2) is 0 Å². The fourth-order valence-electron chi connectivity index (χ4n) is 3.07. The minimum absolute atomic E-state index is 0.000524. The van der Waals surface area contributed by atoms with Gasteiger partial charge in [-0.3, -0.25) is 9.59 Å². The zero-order valence-corrected chi connectivity index (χ0v) is 18.7. The van der Waals surface area contributed by atoms with Crippen LogP contribution in [0.15, 0.2) is 60.7 Å². The number of aryl methyl sites for hydroxylation is 1. The molecule has 0 saturated heterocycles. The van der Waals surface area contributed by atoms with Crippen molar-refractivity contribution in [3.8, 4) is 11.5 Å². The first-order valence-electron chi connectivity index (χ1n) is 9.84. The average molecular weight is 454 g/mol. The summed E-state index contributed by atoms with van der Waals surface area (Å²) < 4.78 is 10.6. The Bertz CT molecular complexity index is 1130. The molecule has 0 aliphatic carbocycles. The number of methoxy groups -OCH3 is 2. The largest absolute Gasteiger partial charge is 0.495 e. The van der Waals surface area contributed by atoms with Crippen LogP contribution in [-0.2, 0) is 4.79 Å². The molecular formula is C24H24ClN3O4. The highest BCUT2D eigenvalue weighted by Gasteiger charge is 2.16. The molecule has 0 bridgehead atoms. The van der Waals surface area contributed by atoms with Crippen molar-refractivity contribution in [2.45, 2.75) is 6.92 Å². The van der Waals surface area contributed by atoms with E-state index >= 15 is 0 Å². The summed E-state index contributed by atoms with van der Waals surface area (Å²) in [6.45, 7) is 1.83. The summed E-state index contributed by atoms with van der Waals surface area (Å²) in [5.41, 5.74) is 2.68. The lowest BCUT2D eigenvalue weighted by atomic mass is 10.1. The number of amides is 2. The number of benzene rings is 3. The van der Waals surface area contributed by atoms with Gasteiger partial charge in [0.05, 0.1) is 43.4 Å². The van der Waals surface area contributed by atoms with Gasteiger partial charge in [-0.2, -0.15) is 0 Å². The van der Waals surface area contributed by atoms with Crippen molar-refractivity contribution in [1.29, 1.82) is 0 Å². The Kier molecular flexibility index (Phi) is 7.57. The predicted octanol–water partition coefficient (Wildman–Crippen LogP) is 4.97.